The SMILES string of the molecule is CNCCc1nc(-c2cccnc2)sc1C. The number of aryl methyl sites for hydroxylation is 1. The summed E-state index contributed by atoms with van der Waals surface area (Å²) in [6.07, 6.45) is 4.63. The average molecular weight is 233 g/mol. The van der Waals surface area contributed by atoms with Crippen LogP contribution in [0.4, 0.5) is 0 Å². The van der Waals surface area contributed by atoms with Crippen LogP contribution in [0.25, 0.3) is 10.6 Å². The number of hydrogen-bond donors (Lipinski definition) is 1. The maximum Gasteiger partial charge on any atom is 0.125 e. The van der Waals surface area contributed by atoms with Crippen LogP contribution in [0.1, 0.15) is 10.6 Å². The second-order valence-corrected chi connectivity index (χ2v) is 4.82. The fourth-order valence-corrected chi connectivity index (χ4v) is 2.47. The lowest BCUT2D eigenvalue weighted by Gasteiger charge is -1.96. The van der Waals surface area contributed by atoms with Crippen molar-refractivity contribution in [2.45, 2.75) is 13.3 Å². The molecule has 0 aliphatic rings. The van der Waals surface area contributed by atoms with E-state index in [0.717, 1.165) is 23.5 Å². The summed E-state index contributed by atoms with van der Waals surface area (Å²) in [6, 6.07) is 3.99. The standard InChI is InChI=1S/C12H15N3S/c1-9-11(5-7-13-2)15-12(16-9)10-4-3-6-14-8-10/h3-4,6,8,13H,5,7H2,1-2H3. The van der Waals surface area contributed by atoms with Gasteiger partial charge >= 0.3 is 0 Å². The molecule has 2 aromatic heterocycles. The van der Waals surface area contributed by atoms with Crippen LogP contribution in [0.5, 0.6) is 0 Å². The van der Waals surface area contributed by atoms with E-state index in [4.69, 9.17) is 0 Å². The van der Waals surface area contributed by atoms with Crippen LogP contribution in [0.3, 0.4) is 0 Å². The summed E-state index contributed by atoms with van der Waals surface area (Å²) in [6.45, 7) is 3.10. The number of likely N-dealkylation sites (N-methyl/N-ethyl adjacent to an activating group) is 1. The smallest absolute Gasteiger partial charge is 0.125 e. The molecule has 0 saturated carbocycles. The van der Waals surface area contributed by atoms with Crippen LogP contribution >= 0.6 is 11.3 Å². The van der Waals surface area contributed by atoms with Gasteiger partial charge in [-0.15, -0.1) is 11.3 Å². The van der Waals surface area contributed by atoms with Crippen molar-refractivity contribution in [1.29, 1.82) is 0 Å². The first-order valence-corrected chi connectivity index (χ1v) is 6.14. The number of hydrogen-bond acceptors (Lipinski definition) is 4. The first-order chi connectivity index (χ1) is 7.81. The third-order valence-corrected chi connectivity index (χ3v) is 3.48. The van der Waals surface area contributed by atoms with Gasteiger partial charge in [-0.2, -0.15) is 0 Å². The third kappa shape index (κ3) is 2.46. The van der Waals surface area contributed by atoms with Gasteiger partial charge in [0.05, 0.1) is 5.69 Å². The summed E-state index contributed by atoms with van der Waals surface area (Å²) in [5, 5.41) is 4.21. The highest BCUT2D eigenvalue weighted by atomic mass is 32.1. The Morgan fingerprint density at radius 2 is 2.31 bits per heavy atom. The largest absolute Gasteiger partial charge is 0.319 e. The highest BCUT2D eigenvalue weighted by Crippen LogP contribution is 2.26. The van der Waals surface area contributed by atoms with E-state index in [1.165, 1.54) is 10.6 Å². The molecule has 2 aromatic rings. The van der Waals surface area contributed by atoms with Gasteiger partial charge in [0, 0.05) is 35.8 Å². The van der Waals surface area contributed by atoms with Crippen LogP contribution in [0.15, 0.2) is 24.5 Å². The minimum absolute atomic E-state index is 0.969. The Labute approximate surface area is 99.6 Å². The molecule has 2 rings (SSSR count). The van der Waals surface area contributed by atoms with Crippen LogP contribution in [-0.2, 0) is 6.42 Å². The first kappa shape index (κ1) is 11.2. The van der Waals surface area contributed by atoms with Gasteiger partial charge in [-0.1, -0.05) is 0 Å². The summed E-state index contributed by atoms with van der Waals surface area (Å²) < 4.78 is 0. The maximum absolute atomic E-state index is 4.66. The fraction of sp³-hybridized carbons (Fsp3) is 0.333. The molecule has 0 aliphatic heterocycles. The molecule has 84 valence electrons. The highest BCUT2D eigenvalue weighted by Gasteiger charge is 2.08. The summed E-state index contributed by atoms with van der Waals surface area (Å²) in [4.78, 5) is 10.1. The summed E-state index contributed by atoms with van der Waals surface area (Å²) in [5.41, 5.74) is 2.30. The van der Waals surface area contributed by atoms with E-state index in [2.05, 4.69) is 22.2 Å². The van der Waals surface area contributed by atoms with Crippen molar-refractivity contribution in [2.75, 3.05) is 13.6 Å². The lowest BCUT2D eigenvalue weighted by Crippen LogP contribution is -2.10. The van der Waals surface area contributed by atoms with E-state index in [9.17, 15) is 0 Å². The molecule has 0 atom stereocenters. The highest BCUT2D eigenvalue weighted by molar-refractivity contribution is 7.15. The van der Waals surface area contributed by atoms with Gasteiger partial charge in [0.1, 0.15) is 5.01 Å². The molecular weight excluding hydrogens is 218 g/mol. The van der Waals surface area contributed by atoms with Gasteiger partial charge in [0.2, 0.25) is 0 Å². The Kier molecular flexibility index (Phi) is 3.64. The Morgan fingerprint density at radius 1 is 1.44 bits per heavy atom. The second-order valence-electron chi connectivity index (χ2n) is 3.62. The van der Waals surface area contributed by atoms with Crippen LogP contribution in [0, 0.1) is 6.92 Å². The Hall–Kier alpha value is -1.26. The van der Waals surface area contributed by atoms with Crippen molar-refractivity contribution in [3.63, 3.8) is 0 Å². The molecule has 2 heterocycles. The molecule has 16 heavy (non-hydrogen) atoms. The number of thiazole rings is 1. The molecule has 0 aliphatic carbocycles. The second kappa shape index (κ2) is 5.18. The summed E-state index contributed by atoms with van der Waals surface area (Å²) in [7, 11) is 1.96. The van der Waals surface area contributed by atoms with Gasteiger partial charge in [-0.3, -0.25) is 4.98 Å². The number of pyridine rings is 1. The lowest BCUT2D eigenvalue weighted by atomic mass is 10.2. The molecule has 0 saturated heterocycles. The van der Waals surface area contributed by atoms with Crippen LogP contribution in [0.2, 0.25) is 0 Å². The van der Waals surface area contributed by atoms with Crippen molar-refractivity contribution in [3.05, 3.63) is 35.1 Å². The van der Waals surface area contributed by atoms with E-state index >= 15 is 0 Å². The normalized spacial score (nSPS) is 10.6. The number of nitrogens with one attached hydrogen (secondary N) is 1. The lowest BCUT2D eigenvalue weighted by molar-refractivity contribution is 0.777. The van der Waals surface area contributed by atoms with Crippen molar-refractivity contribution in [1.82, 2.24) is 15.3 Å². The van der Waals surface area contributed by atoms with Crippen molar-refractivity contribution >= 4 is 11.3 Å². The molecule has 0 bridgehead atoms. The number of nitrogens with zero attached hydrogens (tertiary/aromatic N) is 2. The van der Waals surface area contributed by atoms with Crippen molar-refractivity contribution in [2.24, 2.45) is 0 Å². The van der Waals surface area contributed by atoms with E-state index < -0.39 is 0 Å². The van der Waals surface area contributed by atoms with Gasteiger partial charge in [0.15, 0.2) is 0 Å². The van der Waals surface area contributed by atoms with Gasteiger partial charge in [-0.05, 0) is 26.1 Å². The van der Waals surface area contributed by atoms with Crippen LogP contribution in [-0.4, -0.2) is 23.6 Å². The van der Waals surface area contributed by atoms with Gasteiger partial charge in [0.25, 0.3) is 0 Å². The zero-order valence-corrected chi connectivity index (χ0v) is 10.3. The molecule has 0 fully saturated rings. The molecule has 0 unspecified atom stereocenters. The number of aromatic nitrogens is 2. The average Bonchev–Trinajstić information content (AvgIpc) is 2.69. The fourth-order valence-electron chi connectivity index (χ4n) is 1.52. The molecule has 0 aromatic carbocycles. The predicted octanol–water partition coefficient (Wildman–Crippen LogP) is 2.28. The first-order valence-electron chi connectivity index (χ1n) is 5.32. The Balaban J connectivity index is 2.24. The molecular formula is C12H15N3S. The van der Waals surface area contributed by atoms with E-state index in [1.54, 1.807) is 17.5 Å². The minimum Gasteiger partial charge on any atom is -0.319 e. The summed E-state index contributed by atoms with van der Waals surface area (Å²) >= 11 is 1.74. The zero-order chi connectivity index (χ0) is 11.4. The minimum atomic E-state index is 0.969. The predicted molar refractivity (Wildman–Crippen MR) is 67.7 cm³/mol. The molecule has 0 spiro atoms. The molecule has 0 radical (unpaired) electrons. The number of rotatable bonds is 4. The maximum atomic E-state index is 4.66. The Morgan fingerprint density at radius 3 is 3.00 bits per heavy atom. The van der Waals surface area contributed by atoms with E-state index in [0.29, 0.717) is 0 Å². The van der Waals surface area contributed by atoms with Crippen LogP contribution < -0.4 is 5.32 Å². The Bertz CT molecular complexity index is 451. The molecule has 0 amide bonds. The third-order valence-electron chi connectivity index (χ3n) is 2.41. The summed E-state index contributed by atoms with van der Waals surface area (Å²) in [5.74, 6) is 0. The molecule has 1 N–H and O–H groups in total. The quantitative estimate of drug-likeness (QED) is 0.880. The molecule has 4 heteroatoms. The van der Waals surface area contributed by atoms with Gasteiger partial charge in [-0.25, -0.2) is 4.98 Å². The van der Waals surface area contributed by atoms with Crippen molar-refractivity contribution < 1.29 is 0 Å². The zero-order valence-electron chi connectivity index (χ0n) is 9.53. The van der Waals surface area contributed by atoms with Crippen molar-refractivity contribution in [3.8, 4) is 10.6 Å². The monoisotopic (exact) mass is 233 g/mol. The van der Waals surface area contributed by atoms with Gasteiger partial charge < -0.3 is 5.32 Å². The molecule has 3 nitrogen and oxygen atoms in total. The van der Waals surface area contributed by atoms with E-state index in [1.807, 2.05) is 25.4 Å². The topological polar surface area (TPSA) is 37.8 Å². The van der Waals surface area contributed by atoms with E-state index in [-0.39, 0.29) is 0 Å².